The molecule has 0 saturated carbocycles. The van der Waals surface area contributed by atoms with Crippen molar-refractivity contribution in [3.8, 4) is 16.9 Å². The summed E-state index contributed by atoms with van der Waals surface area (Å²) in [6.07, 6.45) is -1.43. The highest BCUT2D eigenvalue weighted by atomic mass is 16.7. The van der Waals surface area contributed by atoms with Gasteiger partial charge in [-0.3, -0.25) is 9.59 Å². The zero-order valence-corrected chi connectivity index (χ0v) is 37.2. The summed E-state index contributed by atoms with van der Waals surface area (Å²) in [5, 5.41) is 6.01. The Morgan fingerprint density at radius 2 is 0.955 bits per heavy atom. The summed E-state index contributed by atoms with van der Waals surface area (Å²) in [5.74, 6) is -0.802. The maximum atomic E-state index is 16.1. The molecular formula is C57H52N2O7. The van der Waals surface area contributed by atoms with Crippen LogP contribution in [-0.2, 0) is 37.3 Å². The normalized spacial score (nSPS) is 13.0. The van der Waals surface area contributed by atoms with Crippen LogP contribution in [0, 0.1) is 0 Å². The molecule has 0 radical (unpaired) electrons. The Bertz CT molecular complexity index is 2630. The number of fused-ring (bicyclic) bond motifs is 3. The van der Waals surface area contributed by atoms with E-state index in [1.165, 1.54) is 0 Å². The smallest absolute Gasteiger partial charge is 0.449 e. The van der Waals surface area contributed by atoms with Crippen molar-refractivity contribution in [2.75, 3.05) is 6.61 Å². The Hall–Kier alpha value is -7.78. The molecule has 66 heavy (non-hydrogen) atoms. The standard InChI is InChI=1S/C57H52N2O7/c1-56(2,3)66-55(63)65-44-34-32-40(33-35-44)36-50(52(60)57(41-22-10-5-11-23-41,42-24-12-6-13-25-42)43-26-14-7-15-27-43)58-53(61)51(37-39-20-8-4-9-21-39)59-54(62)64-38-49-47-30-18-16-28-45(47)46-29-17-19-31-48(46)49/h4-35,49-51H,36-38H2,1-3H3,(H,58,61)(H,59,62)/t50-,51-/m0/s1. The van der Waals surface area contributed by atoms with Crippen molar-refractivity contribution in [2.24, 2.45) is 0 Å². The summed E-state index contributed by atoms with van der Waals surface area (Å²) in [7, 11) is 0. The Balaban J connectivity index is 1.14. The van der Waals surface area contributed by atoms with Gasteiger partial charge in [-0.25, -0.2) is 9.59 Å². The van der Waals surface area contributed by atoms with E-state index in [0.717, 1.165) is 27.8 Å². The van der Waals surface area contributed by atoms with E-state index in [-0.39, 0.29) is 36.9 Å². The summed E-state index contributed by atoms with van der Waals surface area (Å²) in [4.78, 5) is 57.5. The predicted molar refractivity (Wildman–Crippen MR) is 255 cm³/mol. The van der Waals surface area contributed by atoms with E-state index < -0.39 is 41.3 Å². The van der Waals surface area contributed by atoms with Crippen LogP contribution >= 0.6 is 0 Å². The third-order valence-corrected chi connectivity index (χ3v) is 11.8. The maximum Gasteiger partial charge on any atom is 0.514 e. The van der Waals surface area contributed by atoms with Gasteiger partial charge in [0.05, 0.1) is 6.04 Å². The number of rotatable bonds is 15. The molecule has 2 atom stereocenters. The van der Waals surface area contributed by atoms with E-state index in [9.17, 15) is 14.4 Å². The first-order chi connectivity index (χ1) is 32.0. The Labute approximate surface area is 385 Å². The lowest BCUT2D eigenvalue weighted by molar-refractivity contribution is -0.130. The van der Waals surface area contributed by atoms with Crippen molar-refractivity contribution in [3.63, 3.8) is 0 Å². The van der Waals surface area contributed by atoms with Gasteiger partial charge in [0, 0.05) is 12.3 Å². The van der Waals surface area contributed by atoms with Crippen molar-refractivity contribution in [3.05, 3.63) is 233 Å². The van der Waals surface area contributed by atoms with Gasteiger partial charge in [-0.05, 0) is 89.4 Å². The van der Waals surface area contributed by atoms with Crippen LogP contribution in [-0.4, -0.2) is 48.2 Å². The van der Waals surface area contributed by atoms with E-state index >= 15 is 4.79 Å². The van der Waals surface area contributed by atoms with E-state index in [2.05, 4.69) is 22.8 Å². The van der Waals surface area contributed by atoms with Gasteiger partial charge in [-0.2, -0.15) is 0 Å². The lowest BCUT2D eigenvalue weighted by atomic mass is 9.64. The number of hydrogen-bond acceptors (Lipinski definition) is 7. The topological polar surface area (TPSA) is 120 Å². The monoisotopic (exact) mass is 876 g/mol. The van der Waals surface area contributed by atoms with Crippen LogP contribution in [0.1, 0.15) is 65.6 Å². The van der Waals surface area contributed by atoms with Crippen LogP contribution in [0.4, 0.5) is 9.59 Å². The fraction of sp³-hybridized carbons (Fsp3) is 0.193. The zero-order valence-electron chi connectivity index (χ0n) is 37.2. The third-order valence-electron chi connectivity index (χ3n) is 11.8. The molecule has 0 bridgehead atoms. The molecule has 0 aliphatic heterocycles. The molecule has 9 nitrogen and oxygen atoms in total. The van der Waals surface area contributed by atoms with Crippen LogP contribution < -0.4 is 15.4 Å². The van der Waals surface area contributed by atoms with E-state index in [0.29, 0.717) is 22.3 Å². The highest BCUT2D eigenvalue weighted by Gasteiger charge is 2.47. The Kier molecular flexibility index (Phi) is 13.5. The van der Waals surface area contributed by atoms with Crippen molar-refractivity contribution >= 4 is 23.9 Å². The minimum atomic E-state index is -1.39. The molecule has 0 heterocycles. The molecule has 0 aromatic heterocycles. The predicted octanol–water partition coefficient (Wildman–Crippen LogP) is 10.8. The molecule has 7 aromatic rings. The van der Waals surface area contributed by atoms with Gasteiger partial charge < -0.3 is 24.8 Å². The fourth-order valence-corrected chi connectivity index (χ4v) is 8.87. The second-order valence-corrected chi connectivity index (χ2v) is 17.4. The SMILES string of the molecule is CC(C)(C)OC(=O)Oc1ccc(C[C@H](NC(=O)[C@H](Cc2ccccc2)NC(=O)OCC2c3ccccc3-c3ccccc32)C(=O)C(c2ccccc2)(c2ccccc2)c2ccccc2)cc1. The Morgan fingerprint density at radius 3 is 1.45 bits per heavy atom. The molecule has 0 spiro atoms. The van der Waals surface area contributed by atoms with Gasteiger partial charge in [0.2, 0.25) is 5.91 Å². The second kappa shape index (κ2) is 19.9. The molecule has 1 aliphatic rings. The number of carbonyl (C=O) groups excluding carboxylic acids is 4. The van der Waals surface area contributed by atoms with Gasteiger partial charge in [0.25, 0.3) is 0 Å². The minimum Gasteiger partial charge on any atom is -0.449 e. The molecule has 332 valence electrons. The number of ether oxygens (including phenoxy) is 3. The number of carbonyl (C=O) groups is 4. The average Bonchev–Trinajstić information content (AvgIpc) is 3.65. The third kappa shape index (κ3) is 10.1. The quantitative estimate of drug-likeness (QED) is 0.0598. The first-order valence-corrected chi connectivity index (χ1v) is 22.2. The molecular weight excluding hydrogens is 825 g/mol. The van der Waals surface area contributed by atoms with E-state index in [1.54, 1.807) is 45.0 Å². The number of ketones is 1. The summed E-state index contributed by atoms with van der Waals surface area (Å²) < 4.78 is 16.8. The van der Waals surface area contributed by atoms with E-state index in [1.807, 2.05) is 158 Å². The molecule has 7 aromatic carbocycles. The maximum absolute atomic E-state index is 16.1. The van der Waals surface area contributed by atoms with Gasteiger partial charge >= 0.3 is 12.2 Å². The lowest BCUT2D eigenvalue weighted by Gasteiger charge is -2.38. The molecule has 8 rings (SSSR count). The molecule has 0 saturated heterocycles. The van der Waals surface area contributed by atoms with Gasteiger partial charge in [0.1, 0.15) is 29.4 Å². The van der Waals surface area contributed by atoms with Crippen LogP contribution in [0.15, 0.2) is 194 Å². The lowest BCUT2D eigenvalue weighted by Crippen LogP contribution is -2.57. The molecule has 1 aliphatic carbocycles. The van der Waals surface area contributed by atoms with Crippen molar-refractivity contribution in [1.29, 1.82) is 0 Å². The average molecular weight is 877 g/mol. The summed E-state index contributed by atoms with van der Waals surface area (Å²) in [5.41, 5.74) is 5.81. The number of amides is 2. The van der Waals surface area contributed by atoms with Crippen molar-refractivity contribution in [2.45, 2.75) is 62.6 Å². The molecule has 0 unspecified atom stereocenters. The number of alkyl carbamates (subject to hydrolysis) is 1. The first kappa shape index (κ1) is 44.8. The molecule has 0 fully saturated rings. The van der Waals surface area contributed by atoms with Gasteiger partial charge in [0.15, 0.2) is 5.78 Å². The minimum absolute atomic E-state index is 0.0501. The second-order valence-electron chi connectivity index (χ2n) is 17.4. The first-order valence-electron chi connectivity index (χ1n) is 22.2. The highest BCUT2D eigenvalue weighted by molar-refractivity contribution is 6.03. The Morgan fingerprint density at radius 1 is 0.515 bits per heavy atom. The zero-order chi connectivity index (χ0) is 46.1. The van der Waals surface area contributed by atoms with E-state index in [4.69, 9.17) is 14.2 Å². The van der Waals surface area contributed by atoms with Crippen molar-refractivity contribution < 1.29 is 33.4 Å². The van der Waals surface area contributed by atoms with Crippen LogP contribution in [0.5, 0.6) is 5.75 Å². The number of nitrogens with one attached hydrogen (secondary N) is 2. The number of hydrogen-bond donors (Lipinski definition) is 2. The molecule has 2 N–H and O–H groups in total. The molecule has 9 heteroatoms. The van der Waals surface area contributed by atoms with Crippen LogP contribution in [0.3, 0.4) is 0 Å². The van der Waals surface area contributed by atoms with Gasteiger partial charge in [-0.15, -0.1) is 0 Å². The number of benzene rings is 7. The van der Waals surface area contributed by atoms with Crippen LogP contribution in [0.25, 0.3) is 11.1 Å². The largest absolute Gasteiger partial charge is 0.514 e. The number of Topliss-reactive ketones (excluding diaryl/α,β-unsaturated/α-hetero) is 1. The summed E-state index contributed by atoms with van der Waals surface area (Å²) in [6, 6.07) is 58.7. The fourth-order valence-electron chi connectivity index (χ4n) is 8.87. The summed E-state index contributed by atoms with van der Waals surface area (Å²) in [6.45, 7) is 5.31. The molecule has 2 amide bonds. The van der Waals surface area contributed by atoms with Gasteiger partial charge in [-0.1, -0.05) is 182 Å². The van der Waals surface area contributed by atoms with Crippen LogP contribution in [0.2, 0.25) is 0 Å². The van der Waals surface area contributed by atoms with Crippen molar-refractivity contribution in [1.82, 2.24) is 10.6 Å². The highest BCUT2D eigenvalue weighted by Crippen LogP contribution is 2.45. The summed E-state index contributed by atoms with van der Waals surface area (Å²) >= 11 is 0.